The molecule has 0 spiro atoms. The minimum absolute atomic E-state index is 0.0526. The largest absolute Gasteiger partial charge is 0.306 e. The predicted molar refractivity (Wildman–Crippen MR) is 97.7 cm³/mol. The molecular weight excluding hydrogens is 351 g/mol. The maximum absolute atomic E-state index is 12.4. The van der Waals surface area contributed by atoms with Gasteiger partial charge in [0, 0.05) is 4.88 Å². The summed E-state index contributed by atoms with van der Waals surface area (Å²) in [6.45, 7) is 0. The Labute approximate surface area is 146 Å². The van der Waals surface area contributed by atoms with Gasteiger partial charge >= 0.3 is 0 Å². The average molecular weight is 363 g/mol. The Morgan fingerprint density at radius 2 is 2.04 bits per heavy atom. The summed E-state index contributed by atoms with van der Waals surface area (Å²) >= 11 is 13.5. The second-order valence-electron chi connectivity index (χ2n) is 5.50. The number of aromatic nitrogens is 2. The second kappa shape index (κ2) is 5.78. The molecule has 1 aliphatic carbocycles. The third-order valence-corrected chi connectivity index (χ3v) is 5.90. The van der Waals surface area contributed by atoms with Gasteiger partial charge < -0.3 is 4.98 Å². The molecule has 0 radical (unpaired) electrons. The summed E-state index contributed by atoms with van der Waals surface area (Å²) in [6, 6.07) is 5.38. The minimum Gasteiger partial charge on any atom is -0.306 e. The summed E-state index contributed by atoms with van der Waals surface area (Å²) in [5, 5.41) is 1.79. The van der Waals surface area contributed by atoms with E-state index in [0.717, 1.165) is 35.0 Å². The number of thiophene rings is 1. The number of nitrogens with zero attached hydrogens (tertiary/aromatic N) is 1. The van der Waals surface area contributed by atoms with Crippen LogP contribution in [-0.4, -0.2) is 9.97 Å². The van der Waals surface area contributed by atoms with E-state index in [1.165, 1.54) is 10.4 Å². The van der Waals surface area contributed by atoms with Crippen LogP contribution in [0.1, 0.15) is 28.2 Å². The van der Waals surface area contributed by atoms with Crippen molar-refractivity contribution in [3.05, 3.63) is 60.4 Å². The van der Waals surface area contributed by atoms with Crippen LogP contribution in [0.3, 0.4) is 0 Å². The predicted octanol–water partition coefficient (Wildman–Crippen LogP) is 4.95. The van der Waals surface area contributed by atoms with Gasteiger partial charge in [0.2, 0.25) is 0 Å². The zero-order chi connectivity index (χ0) is 16.0. The fraction of sp³-hybridized carbons (Fsp3) is 0.176. The Bertz CT molecular complexity index is 1000. The smallest absolute Gasteiger partial charge is 0.260 e. The van der Waals surface area contributed by atoms with Crippen LogP contribution in [0.4, 0.5) is 0 Å². The molecule has 6 heteroatoms. The maximum Gasteiger partial charge on any atom is 0.260 e. The molecule has 0 bridgehead atoms. The van der Waals surface area contributed by atoms with Crippen molar-refractivity contribution < 1.29 is 0 Å². The average Bonchev–Trinajstić information content (AvgIpc) is 3.08. The fourth-order valence-electron chi connectivity index (χ4n) is 2.89. The van der Waals surface area contributed by atoms with Crippen molar-refractivity contribution in [2.45, 2.75) is 19.3 Å². The first-order chi connectivity index (χ1) is 11.1. The van der Waals surface area contributed by atoms with Gasteiger partial charge in [-0.25, -0.2) is 4.98 Å². The van der Waals surface area contributed by atoms with Crippen molar-refractivity contribution in [1.82, 2.24) is 9.97 Å². The lowest BCUT2D eigenvalue weighted by Gasteiger charge is -1.98. The first-order valence-corrected chi connectivity index (χ1v) is 8.87. The Morgan fingerprint density at radius 1 is 1.17 bits per heavy atom. The molecule has 2 aromatic heterocycles. The molecule has 4 rings (SSSR count). The van der Waals surface area contributed by atoms with Crippen LogP contribution in [-0.2, 0) is 12.8 Å². The van der Waals surface area contributed by atoms with Crippen LogP contribution >= 0.6 is 34.5 Å². The molecular formula is C17H12Cl2N2OS. The standard InChI is InChI=1S/C17H12Cl2N2OS/c18-11-6-4-9(8-12(11)19)5-7-14-20-16(22)15-10-2-1-3-13(10)23-17(15)21-14/h4-8H,1-3H2,(H,20,21,22). The summed E-state index contributed by atoms with van der Waals surface area (Å²) < 4.78 is 0. The van der Waals surface area contributed by atoms with E-state index in [0.29, 0.717) is 15.9 Å². The Kier molecular flexibility index (Phi) is 3.76. The molecule has 1 N–H and O–H groups in total. The van der Waals surface area contributed by atoms with E-state index in [1.807, 2.05) is 12.1 Å². The molecule has 1 aromatic carbocycles. The van der Waals surface area contributed by atoms with Crippen molar-refractivity contribution >= 4 is 56.9 Å². The van der Waals surface area contributed by atoms with E-state index < -0.39 is 0 Å². The molecule has 0 saturated heterocycles. The van der Waals surface area contributed by atoms with Gasteiger partial charge in [-0.05, 0) is 48.6 Å². The lowest BCUT2D eigenvalue weighted by Crippen LogP contribution is -2.09. The van der Waals surface area contributed by atoms with Crippen molar-refractivity contribution in [3.63, 3.8) is 0 Å². The van der Waals surface area contributed by atoms with Crippen molar-refractivity contribution in [1.29, 1.82) is 0 Å². The molecule has 2 heterocycles. The lowest BCUT2D eigenvalue weighted by atomic mass is 10.2. The van der Waals surface area contributed by atoms with Crippen LogP contribution in [0.5, 0.6) is 0 Å². The van der Waals surface area contributed by atoms with Crippen LogP contribution < -0.4 is 5.56 Å². The van der Waals surface area contributed by atoms with E-state index >= 15 is 0 Å². The van der Waals surface area contributed by atoms with Crippen LogP contribution in [0, 0.1) is 0 Å². The first kappa shape index (κ1) is 14.9. The van der Waals surface area contributed by atoms with Gasteiger partial charge in [-0.15, -0.1) is 11.3 Å². The first-order valence-electron chi connectivity index (χ1n) is 7.29. The van der Waals surface area contributed by atoms with Crippen molar-refractivity contribution in [2.75, 3.05) is 0 Å². The molecule has 3 nitrogen and oxygen atoms in total. The third-order valence-electron chi connectivity index (χ3n) is 3.97. The Morgan fingerprint density at radius 3 is 2.87 bits per heavy atom. The number of hydrogen-bond acceptors (Lipinski definition) is 3. The molecule has 23 heavy (non-hydrogen) atoms. The highest BCUT2D eigenvalue weighted by Crippen LogP contribution is 2.34. The summed E-state index contributed by atoms with van der Waals surface area (Å²) in [4.78, 5) is 21.9. The number of fused-ring (bicyclic) bond motifs is 3. The van der Waals surface area contributed by atoms with Gasteiger partial charge in [0.05, 0.1) is 15.4 Å². The van der Waals surface area contributed by atoms with Gasteiger partial charge in [-0.1, -0.05) is 35.3 Å². The highest BCUT2D eigenvalue weighted by Gasteiger charge is 2.20. The molecule has 0 amide bonds. The number of benzene rings is 1. The number of aryl methyl sites for hydroxylation is 2. The van der Waals surface area contributed by atoms with Crippen molar-refractivity contribution in [3.8, 4) is 0 Å². The van der Waals surface area contributed by atoms with Gasteiger partial charge in [0.15, 0.2) is 0 Å². The van der Waals surface area contributed by atoms with E-state index in [4.69, 9.17) is 23.2 Å². The Balaban J connectivity index is 1.73. The number of rotatable bonds is 2. The van der Waals surface area contributed by atoms with Crippen LogP contribution in [0.15, 0.2) is 23.0 Å². The highest BCUT2D eigenvalue weighted by atomic mass is 35.5. The molecule has 0 atom stereocenters. The number of halogens is 2. The van der Waals surface area contributed by atoms with E-state index in [9.17, 15) is 4.79 Å². The molecule has 1 aliphatic rings. The summed E-state index contributed by atoms with van der Waals surface area (Å²) in [6.07, 6.45) is 6.82. The number of hydrogen-bond donors (Lipinski definition) is 1. The highest BCUT2D eigenvalue weighted by molar-refractivity contribution is 7.18. The van der Waals surface area contributed by atoms with Crippen LogP contribution in [0.2, 0.25) is 10.0 Å². The quantitative estimate of drug-likeness (QED) is 0.700. The van der Waals surface area contributed by atoms with Crippen molar-refractivity contribution in [2.24, 2.45) is 0 Å². The monoisotopic (exact) mass is 362 g/mol. The molecule has 0 aliphatic heterocycles. The van der Waals surface area contributed by atoms with Gasteiger partial charge in [0.1, 0.15) is 10.7 Å². The zero-order valence-corrected chi connectivity index (χ0v) is 14.4. The molecule has 0 saturated carbocycles. The van der Waals surface area contributed by atoms with Crippen LogP contribution in [0.25, 0.3) is 22.4 Å². The summed E-state index contributed by atoms with van der Waals surface area (Å²) in [5.41, 5.74) is 2.04. The van der Waals surface area contributed by atoms with Gasteiger partial charge in [0.25, 0.3) is 5.56 Å². The molecule has 0 unspecified atom stereocenters. The van der Waals surface area contributed by atoms with E-state index in [1.54, 1.807) is 29.5 Å². The second-order valence-corrected chi connectivity index (χ2v) is 7.39. The molecule has 116 valence electrons. The fourth-order valence-corrected chi connectivity index (χ4v) is 4.46. The van der Waals surface area contributed by atoms with E-state index in [2.05, 4.69) is 9.97 Å². The molecule has 3 aromatic rings. The van der Waals surface area contributed by atoms with Gasteiger partial charge in [-0.3, -0.25) is 4.79 Å². The normalized spacial score (nSPS) is 14.0. The third kappa shape index (κ3) is 2.71. The summed E-state index contributed by atoms with van der Waals surface area (Å²) in [5.74, 6) is 0.550. The number of H-pyrrole nitrogens is 1. The topological polar surface area (TPSA) is 45.8 Å². The maximum atomic E-state index is 12.4. The number of aromatic amines is 1. The van der Waals surface area contributed by atoms with E-state index in [-0.39, 0.29) is 5.56 Å². The SMILES string of the molecule is O=c1[nH]c(C=Cc2ccc(Cl)c(Cl)c2)nc2sc3c(c12)CCC3. The van der Waals surface area contributed by atoms with Gasteiger partial charge in [-0.2, -0.15) is 0 Å². The molecule has 0 fully saturated rings. The number of nitrogens with one attached hydrogen (secondary N) is 1. The lowest BCUT2D eigenvalue weighted by molar-refractivity contribution is 0.916. The summed E-state index contributed by atoms with van der Waals surface area (Å²) in [7, 11) is 0. The zero-order valence-electron chi connectivity index (χ0n) is 12.0. The minimum atomic E-state index is -0.0526. The Hall–Kier alpha value is -1.62.